The van der Waals surface area contributed by atoms with E-state index < -0.39 is 60.2 Å². The molecule has 0 bridgehead atoms. The SMILES string of the molecule is CC(C)CC(NC(=O)C(N)CCCCN)C(=O)NC(CS)C(=O)NC(CC(N)=O)C(=O)O. The first-order chi connectivity index (χ1) is 14.9. The quantitative estimate of drug-likeness (QED) is 0.0902. The van der Waals surface area contributed by atoms with Gasteiger partial charge in [0.25, 0.3) is 0 Å². The average molecular weight is 477 g/mol. The Hall–Kier alpha value is -2.38. The number of hydrogen-bond donors (Lipinski definition) is 8. The molecule has 0 aromatic rings. The Morgan fingerprint density at radius 3 is 1.91 bits per heavy atom. The van der Waals surface area contributed by atoms with Crippen LogP contribution in [-0.2, 0) is 24.0 Å². The summed E-state index contributed by atoms with van der Waals surface area (Å²) in [7, 11) is 0. The van der Waals surface area contributed by atoms with Gasteiger partial charge >= 0.3 is 5.97 Å². The summed E-state index contributed by atoms with van der Waals surface area (Å²) in [5.74, 6) is -4.47. The predicted molar refractivity (Wildman–Crippen MR) is 121 cm³/mol. The van der Waals surface area contributed by atoms with Crippen molar-refractivity contribution in [2.75, 3.05) is 12.3 Å². The summed E-state index contributed by atoms with van der Waals surface area (Å²) in [4.78, 5) is 59.8. The number of aliphatic carboxylic acids is 1. The van der Waals surface area contributed by atoms with Gasteiger partial charge in [-0.15, -0.1) is 0 Å². The topological polar surface area (TPSA) is 220 Å². The maximum atomic E-state index is 12.8. The zero-order chi connectivity index (χ0) is 24.8. The van der Waals surface area contributed by atoms with E-state index in [4.69, 9.17) is 22.3 Å². The molecule has 0 aliphatic rings. The van der Waals surface area contributed by atoms with Gasteiger partial charge in [-0.05, 0) is 31.7 Å². The molecule has 10 N–H and O–H groups in total. The van der Waals surface area contributed by atoms with Crippen LogP contribution >= 0.6 is 12.6 Å². The van der Waals surface area contributed by atoms with E-state index >= 15 is 0 Å². The predicted octanol–water partition coefficient (Wildman–Crippen LogP) is -2.17. The molecule has 0 heterocycles. The lowest BCUT2D eigenvalue weighted by atomic mass is 10.0. The highest BCUT2D eigenvalue weighted by Crippen LogP contribution is 2.07. The third kappa shape index (κ3) is 11.9. The fourth-order valence-electron chi connectivity index (χ4n) is 2.76. The van der Waals surface area contributed by atoms with Crippen molar-refractivity contribution in [2.45, 2.75) is 70.1 Å². The molecule has 4 unspecified atom stereocenters. The van der Waals surface area contributed by atoms with E-state index in [1.165, 1.54) is 0 Å². The van der Waals surface area contributed by atoms with Crippen LogP contribution in [0.1, 0.15) is 46.0 Å². The minimum absolute atomic E-state index is 0.0368. The summed E-state index contributed by atoms with van der Waals surface area (Å²) in [6.45, 7) is 4.21. The van der Waals surface area contributed by atoms with Gasteiger partial charge in [0.05, 0.1) is 12.5 Å². The van der Waals surface area contributed by atoms with Crippen molar-refractivity contribution in [1.29, 1.82) is 0 Å². The van der Waals surface area contributed by atoms with Gasteiger partial charge in [-0.3, -0.25) is 19.2 Å². The molecule has 12 nitrogen and oxygen atoms in total. The fourth-order valence-corrected chi connectivity index (χ4v) is 3.02. The Kier molecular flexibility index (Phi) is 14.3. The Balaban J connectivity index is 5.18. The van der Waals surface area contributed by atoms with Gasteiger partial charge in [0.1, 0.15) is 18.1 Å². The number of carbonyl (C=O) groups is 5. The smallest absolute Gasteiger partial charge is 0.326 e. The molecule has 0 spiro atoms. The highest BCUT2D eigenvalue weighted by molar-refractivity contribution is 7.80. The number of primary amides is 1. The van der Waals surface area contributed by atoms with Crippen LogP contribution in [0.25, 0.3) is 0 Å². The van der Waals surface area contributed by atoms with Crippen LogP contribution in [-0.4, -0.2) is 71.2 Å². The largest absolute Gasteiger partial charge is 0.480 e. The van der Waals surface area contributed by atoms with Gasteiger partial charge < -0.3 is 38.3 Å². The lowest BCUT2D eigenvalue weighted by molar-refractivity contribution is -0.143. The van der Waals surface area contributed by atoms with Crippen molar-refractivity contribution in [1.82, 2.24) is 16.0 Å². The minimum atomic E-state index is -1.54. The molecule has 0 rings (SSSR count). The number of carboxylic acid groups (broad SMARTS) is 1. The number of nitrogens with two attached hydrogens (primary N) is 3. The molecule has 184 valence electrons. The highest BCUT2D eigenvalue weighted by atomic mass is 32.1. The number of nitrogens with one attached hydrogen (secondary N) is 3. The second-order valence-corrected chi connectivity index (χ2v) is 8.26. The van der Waals surface area contributed by atoms with Crippen molar-refractivity contribution in [3.8, 4) is 0 Å². The summed E-state index contributed by atoms with van der Waals surface area (Å²) in [5, 5.41) is 16.3. The molecule has 0 fully saturated rings. The Morgan fingerprint density at radius 1 is 0.906 bits per heavy atom. The minimum Gasteiger partial charge on any atom is -0.480 e. The highest BCUT2D eigenvalue weighted by Gasteiger charge is 2.30. The molecule has 0 aliphatic carbocycles. The molecule has 13 heteroatoms. The third-order valence-corrected chi connectivity index (χ3v) is 4.85. The second-order valence-electron chi connectivity index (χ2n) is 7.90. The Bertz CT molecular complexity index is 662. The first-order valence-corrected chi connectivity index (χ1v) is 11.0. The lowest BCUT2D eigenvalue weighted by Crippen LogP contribution is -2.58. The van der Waals surface area contributed by atoms with Gasteiger partial charge in [0.15, 0.2) is 0 Å². The summed E-state index contributed by atoms with van der Waals surface area (Å²) < 4.78 is 0. The number of rotatable bonds is 16. The summed E-state index contributed by atoms with van der Waals surface area (Å²) in [6.07, 6.45) is 1.49. The van der Waals surface area contributed by atoms with E-state index in [1.807, 2.05) is 13.8 Å². The molecular formula is C19H36N6O6S. The molecule has 4 atom stereocenters. The van der Waals surface area contributed by atoms with E-state index in [-0.39, 0.29) is 18.1 Å². The van der Waals surface area contributed by atoms with E-state index in [0.29, 0.717) is 19.4 Å². The third-order valence-electron chi connectivity index (χ3n) is 4.48. The normalized spacial score (nSPS) is 14.7. The summed E-state index contributed by atoms with van der Waals surface area (Å²) in [6, 6.07) is -4.51. The van der Waals surface area contributed by atoms with Gasteiger partial charge in [0, 0.05) is 5.75 Å². The zero-order valence-corrected chi connectivity index (χ0v) is 19.4. The van der Waals surface area contributed by atoms with Crippen molar-refractivity contribution < 1.29 is 29.1 Å². The van der Waals surface area contributed by atoms with Gasteiger partial charge in [-0.1, -0.05) is 20.3 Å². The average Bonchev–Trinajstić information content (AvgIpc) is 2.69. The molecule has 0 aromatic heterocycles. The van der Waals surface area contributed by atoms with E-state index in [2.05, 4.69) is 28.6 Å². The van der Waals surface area contributed by atoms with Crippen LogP contribution in [0.3, 0.4) is 0 Å². The first-order valence-electron chi connectivity index (χ1n) is 10.4. The molecule has 0 aromatic carbocycles. The van der Waals surface area contributed by atoms with E-state index in [0.717, 1.165) is 6.42 Å². The van der Waals surface area contributed by atoms with E-state index in [1.54, 1.807) is 0 Å². The number of amides is 4. The van der Waals surface area contributed by atoms with E-state index in [9.17, 15) is 24.0 Å². The van der Waals surface area contributed by atoms with Crippen LogP contribution in [0.2, 0.25) is 0 Å². The summed E-state index contributed by atoms with van der Waals surface area (Å²) in [5.41, 5.74) is 16.3. The maximum absolute atomic E-state index is 12.8. The lowest BCUT2D eigenvalue weighted by Gasteiger charge is -2.25. The number of hydrogen-bond acceptors (Lipinski definition) is 8. The molecule has 0 radical (unpaired) electrons. The van der Waals surface area contributed by atoms with Gasteiger partial charge in [-0.25, -0.2) is 4.79 Å². The number of carboxylic acids is 1. The molecule has 32 heavy (non-hydrogen) atoms. The Morgan fingerprint density at radius 2 is 1.44 bits per heavy atom. The van der Waals surface area contributed by atoms with Gasteiger partial charge in [-0.2, -0.15) is 12.6 Å². The van der Waals surface area contributed by atoms with Crippen molar-refractivity contribution in [3.63, 3.8) is 0 Å². The van der Waals surface area contributed by atoms with Crippen LogP contribution in [0, 0.1) is 5.92 Å². The molecule has 0 saturated heterocycles. The molecule has 0 aliphatic heterocycles. The van der Waals surface area contributed by atoms with Crippen molar-refractivity contribution in [3.05, 3.63) is 0 Å². The van der Waals surface area contributed by atoms with Crippen LogP contribution in [0.15, 0.2) is 0 Å². The molecular weight excluding hydrogens is 440 g/mol. The summed E-state index contributed by atoms with van der Waals surface area (Å²) >= 11 is 4.03. The molecule has 4 amide bonds. The maximum Gasteiger partial charge on any atom is 0.326 e. The number of thiol groups is 1. The monoisotopic (exact) mass is 476 g/mol. The Labute approximate surface area is 193 Å². The number of unbranched alkanes of at least 4 members (excludes halogenated alkanes) is 1. The van der Waals surface area contributed by atoms with Crippen molar-refractivity contribution >= 4 is 42.2 Å². The fraction of sp³-hybridized carbons (Fsp3) is 0.737. The van der Waals surface area contributed by atoms with Gasteiger partial charge in [0.2, 0.25) is 23.6 Å². The molecule has 0 saturated carbocycles. The second kappa shape index (κ2) is 15.4. The van der Waals surface area contributed by atoms with Crippen LogP contribution in [0.4, 0.5) is 0 Å². The van der Waals surface area contributed by atoms with Crippen LogP contribution < -0.4 is 33.2 Å². The first kappa shape index (κ1) is 29.6. The van der Waals surface area contributed by atoms with Crippen LogP contribution in [0.5, 0.6) is 0 Å². The number of carbonyl (C=O) groups excluding carboxylic acids is 4. The zero-order valence-electron chi connectivity index (χ0n) is 18.5. The standard InChI is InChI=1S/C19H36N6O6S/c1-10(2)7-12(23-16(27)11(21)5-3-4-6-20)17(28)25-14(9-32)18(29)24-13(19(30)31)8-15(22)26/h10-14,32H,3-9,20-21H2,1-2H3,(H2,22,26)(H,23,27)(H,24,29)(H,25,28)(H,30,31). The van der Waals surface area contributed by atoms with Crippen molar-refractivity contribution in [2.24, 2.45) is 23.1 Å².